The topological polar surface area (TPSA) is 52.0 Å². The van der Waals surface area contributed by atoms with Crippen molar-refractivity contribution >= 4 is 28.2 Å². The van der Waals surface area contributed by atoms with Crippen LogP contribution in [0.15, 0.2) is 30.3 Å². The van der Waals surface area contributed by atoms with Gasteiger partial charge in [0.05, 0.1) is 0 Å². The van der Waals surface area contributed by atoms with E-state index in [0.29, 0.717) is 0 Å². The highest BCUT2D eigenvalue weighted by Gasteiger charge is 2.15. The molecule has 0 amide bonds. The Kier molecular flexibility index (Phi) is 1.90. The maximum Gasteiger partial charge on any atom is 0.0471 e. The summed E-state index contributed by atoms with van der Waals surface area (Å²) in [5.41, 5.74) is 16.5. The van der Waals surface area contributed by atoms with Gasteiger partial charge in [0, 0.05) is 27.7 Å². The molecule has 0 heterocycles. The molecule has 3 rings (SSSR count). The third kappa shape index (κ3) is 1.13. The van der Waals surface area contributed by atoms with Crippen molar-refractivity contribution in [3.63, 3.8) is 0 Å². The Bertz CT molecular complexity index is 597. The predicted molar refractivity (Wildman–Crippen MR) is 70.1 cm³/mol. The van der Waals surface area contributed by atoms with E-state index in [2.05, 4.69) is 12.2 Å². The number of rotatable bonds is 0. The van der Waals surface area contributed by atoms with Gasteiger partial charge in [0.15, 0.2) is 0 Å². The third-order valence-corrected chi connectivity index (χ3v) is 3.29. The van der Waals surface area contributed by atoms with E-state index in [9.17, 15) is 0 Å². The van der Waals surface area contributed by atoms with Crippen LogP contribution in [0.2, 0.25) is 0 Å². The quantitative estimate of drug-likeness (QED) is 0.519. The molecule has 0 saturated heterocycles. The van der Waals surface area contributed by atoms with Gasteiger partial charge in [0.1, 0.15) is 0 Å². The van der Waals surface area contributed by atoms with Crippen molar-refractivity contribution in [2.75, 3.05) is 11.5 Å². The summed E-state index contributed by atoms with van der Waals surface area (Å²) in [6, 6.07) is 8.07. The molecule has 0 aliphatic heterocycles. The summed E-state index contributed by atoms with van der Waals surface area (Å²) < 4.78 is 0. The van der Waals surface area contributed by atoms with Gasteiger partial charge in [-0.1, -0.05) is 36.4 Å². The Morgan fingerprint density at radius 2 is 1.62 bits per heavy atom. The van der Waals surface area contributed by atoms with Gasteiger partial charge in [-0.25, -0.2) is 0 Å². The second kappa shape index (κ2) is 3.27. The third-order valence-electron chi connectivity index (χ3n) is 3.29. The van der Waals surface area contributed by atoms with Gasteiger partial charge in [-0.2, -0.15) is 0 Å². The first kappa shape index (κ1) is 9.28. The fraction of sp³-hybridized carbons (Fsp3) is 0.143. The molecular formula is C14H14N2. The highest BCUT2D eigenvalue weighted by atomic mass is 14.6. The second-order valence-corrected chi connectivity index (χ2v) is 4.21. The normalized spacial score (nSPS) is 14.0. The molecule has 0 atom stereocenters. The monoisotopic (exact) mass is 210 g/mol. The molecule has 0 spiro atoms. The van der Waals surface area contributed by atoms with Crippen molar-refractivity contribution in [2.24, 2.45) is 0 Å². The molecule has 80 valence electrons. The Balaban J connectivity index is 2.50. The van der Waals surface area contributed by atoms with Crippen molar-refractivity contribution < 1.29 is 0 Å². The van der Waals surface area contributed by atoms with Gasteiger partial charge < -0.3 is 11.5 Å². The highest BCUT2D eigenvalue weighted by Crippen LogP contribution is 2.37. The summed E-state index contributed by atoms with van der Waals surface area (Å²) >= 11 is 0. The number of hydrogen-bond acceptors (Lipinski definition) is 2. The molecule has 0 aromatic heterocycles. The molecule has 2 heteroatoms. The number of benzene rings is 2. The Morgan fingerprint density at radius 1 is 0.938 bits per heavy atom. The lowest BCUT2D eigenvalue weighted by Crippen LogP contribution is -2.05. The molecule has 2 nitrogen and oxygen atoms in total. The lowest BCUT2D eigenvalue weighted by atomic mass is 9.90. The molecule has 1 aliphatic carbocycles. The minimum atomic E-state index is 0.857. The van der Waals surface area contributed by atoms with E-state index in [1.165, 1.54) is 5.56 Å². The molecule has 2 aromatic carbocycles. The summed E-state index contributed by atoms with van der Waals surface area (Å²) in [5.74, 6) is 0. The van der Waals surface area contributed by atoms with Crippen LogP contribution in [0.25, 0.3) is 16.8 Å². The first-order valence-corrected chi connectivity index (χ1v) is 5.54. The SMILES string of the molecule is Nc1c2c(c(N)c3ccccc13)CCC=C2. The van der Waals surface area contributed by atoms with Crippen LogP contribution in [0.3, 0.4) is 0 Å². The molecule has 1 aliphatic rings. The maximum atomic E-state index is 6.22. The molecular weight excluding hydrogens is 196 g/mol. The molecule has 0 fully saturated rings. The van der Waals surface area contributed by atoms with Crippen LogP contribution in [0.1, 0.15) is 17.5 Å². The standard InChI is InChI=1S/C14H14N2/c15-13-9-5-1-2-6-10(9)14(16)12-8-4-3-7-11(12)13/h1-3,5-7H,4,8,15-16H2. The fourth-order valence-electron chi connectivity index (χ4n) is 2.46. The summed E-state index contributed by atoms with van der Waals surface area (Å²) in [4.78, 5) is 0. The predicted octanol–water partition coefficient (Wildman–Crippen LogP) is 2.96. The zero-order chi connectivity index (χ0) is 11.1. The average Bonchev–Trinajstić information content (AvgIpc) is 2.36. The van der Waals surface area contributed by atoms with Crippen molar-refractivity contribution in [1.29, 1.82) is 0 Å². The molecule has 0 saturated carbocycles. The number of hydrogen-bond donors (Lipinski definition) is 2. The molecule has 0 bridgehead atoms. The first-order chi connectivity index (χ1) is 7.79. The largest absolute Gasteiger partial charge is 0.398 e. The number of nitrogens with two attached hydrogens (primary N) is 2. The Labute approximate surface area is 94.6 Å². The minimum absolute atomic E-state index is 0.857. The van der Waals surface area contributed by atoms with Gasteiger partial charge in [-0.15, -0.1) is 0 Å². The summed E-state index contributed by atoms with van der Waals surface area (Å²) in [7, 11) is 0. The molecule has 16 heavy (non-hydrogen) atoms. The second-order valence-electron chi connectivity index (χ2n) is 4.21. The zero-order valence-corrected chi connectivity index (χ0v) is 9.03. The van der Waals surface area contributed by atoms with E-state index in [4.69, 9.17) is 11.5 Å². The van der Waals surface area contributed by atoms with E-state index >= 15 is 0 Å². The van der Waals surface area contributed by atoms with Crippen LogP contribution in [-0.4, -0.2) is 0 Å². The smallest absolute Gasteiger partial charge is 0.0471 e. The van der Waals surface area contributed by atoms with Gasteiger partial charge in [0.25, 0.3) is 0 Å². The van der Waals surface area contributed by atoms with Crippen LogP contribution in [-0.2, 0) is 6.42 Å². The molecule has 2 aromatic rings. The van der Waals surface area contributed by atoms with Gasteiger partial charge in [-0.05, 0) is 18.4 Å². The van der Waals surface area contributed by atoms with E-state index in [1.807, 2.05) is 24.3 Å². The summed E-state index contributed by atoms with van der Waals surface area (Å²) in [6.45, 7) is 0. The fourth-order valence-corrected chi connectivity index (χ4v) is 2.46. The lowest BCUT2D eigenvalue weighted by molar-refractivity contribution is 0.993. The molecule has 0 unspecified atom stereocenters. The Hall–Kier alpha value is -1.96. The first-order valence-electron chi connectivity index (χ1n) is 5.54. The summed E-state index contributed by atoms with van der Waals surface area (Å²) in [6.07, 6.45) is 6.30. The van der Waals surface area contributed by atoms with E-state index in [-0.39, 0.29) is 0 Å². The Morgan fingerprint density at radius 3 is 2.38 bits per heavy atom. The zero-order valence-electron chi connectivity index (χ0n) is 9.03. The number of allylic oxidation sites excluding steroid dienone is 1. The average molecular weight is 210 g/mol. The minimum Gasteiger partial charge on any atom is -0.398 e. The van der Waals surface area contributed by atoms with Crippen LogP contribution < -0.4 is 11.5 Å². The van der Waals surface area contributed by atoms with Gasteiger partial charge >= 0.3 is 0 Å². The van der Waals surface area contributed by atoms with Crippen LogP contribution in [0.5, 0.6) is 0 Å². The molecule has 4 N–H and O–H groups in total. The van der Waals surface area contributed by atoms with Crippen LogP contribution in [0.4, 0.5) is 11.4 Å². The number of nitrogen functional groups attached to an aromatic ring is 2. The van der Waals surface area contributed by atoms with Crippen molar-refractivity contribution in [1.82, 2.24) is 0 Å². The van der Waals surface area contributed by atoms with Crippen LogP contribution in [0, 0.1) is 0 Å². The lowest BCUT2D eigenvalue weighted by Gasteiger charge is -2.18. The summed E-state index contributed by atoms with van der Waals surface area (Å²) in [5, 5.41) is 2.14. The van der Waals surface area contributed by atoms with Crippen molar-refractivity contribution in [3.05, 3.63) is 41.5 Å². The van der Waals surface area contributed by atoms with Gasteiger partial charge in [0.2, 0.25) is 0 Å². The maximum absolute atomic E-state index is 6.22. The van der Waals surface area contributed by atoms with Crippen molar-refractivity contribution in [2.45, 2.75) is 12.8 Å². The number of fused-ring (bicyclic) bond motifs is 2. The number of anilines is 2. The van der Waals surface area contributed by atoms with E-state index in [1.54, 1.807) is 0 Å². The van der Waals surface area contributed by atoms with E-state index < -0.39 is 0 Å². The highest BCUT2D eigenvalue weighted by molar-refractivity contribution is 6.05. The van der Waals surface area contributed by atoms with Crippen LogP contribution >= 0.6 is 0 Å². The van der Waals surface area contributed by atoms with Gasteiger partial charge in [-0.3, -0.25) is 0 Å². The van der Waals surface area contributed by atoms with Crippen molar-refractivity contribution in [3.8, 4) is 0 Å². The molecule has 0 radical (unpaired) electrons. The van der Waals surface area contributed by atoms with E-state index in [0.717, 1.165) is 40.6 Å².